The number of esters is 1. The maximum atomic E-state index is 12.3. The van der Waals surface area contributed by atoms with E-state index in [0.717, 1.165) is 30.5 Å². The first kappa shape index (κ1) is 18.8. The molecule has 1 aliphatic carbocycles. The third kappa shape index (κ3) is 4.61. The van der Waals surface area contributed by atoms with Gasteiger partial charge in [0.2, 0.25) is 5.91 Å². The van der Waals surface area contributed by atoms with E-state index < -0.39 is 5.97 Å². The molecule has 0 bridgehead atoms. The Bertz CT molecular complexity index is 920. The second-order valence-electron chi connectivity index (χ2n) is 6.81. The number of nitrogens with one attached hydrogen (secondary N) is 1. The van der Waals surface area contributed by atoms with E-state index >= 15 is 0 Å². The highest BCUT2D eigenvalue weighted by Crippen LogP contribution is 2.22. The number of hydrogen-bond acceptors (Lipinski definition) is 5. The van der Waals surface area contributed by atoms with Gasteiger partial charge in [-0.15, -0.1) is 0 Å². The molecule has 0 aliphatic heterocycles. The fourth-order valence-electron chi connectivity index (χ4n) is 3.20. The van der Waals surface area contributed by atoms with Crippen molar-refractivity contribution < 1.29 is 14.3 Å². The van der Waals surface area contributed by atoms with Crippen LogP contribution in [0.5, 0.6) is 0 Å². The minimum atomic E-state index is -0.449. The number of fused-ring (bicyclic) bond motifs is 1. The highest BCUT2D eigenvalue weighted by molar-refractivity contribution is 5.94. The summed E-state index contributed by atoms with van der Waals surface area (Å²) >= 11 is 0. The van der Waals surface area contributed by atoms with Crippen LogP contribution in [0.2, 0.25) is 0 Å². The molecule has 7 heteroatoms. The van der Waals surface area contributed by atoms with E-state index in [1.54, 1.807) is 37.3 Å². The van der Waals surface area contributed by atoms with Crippen molar-refractivity contribution in [2.45, 2.75) is 39.7 Å². The van der Waals surface area contributed by atoms with E-state index in [1.165, 1.54) is 4.68 Å². The number of benzene rings is 1. The minimum Gasteiger partial charge on any atom is -0.462 e. The Morgan fingerprint density at radius 3 is 2.93 bits per heavy atom. The number of carbonyl (C=O) groups excluding carboxylic acids is 2. The lowest BCUT2D eigenvalue weighted by Gasteiger charge is -2.20. The number of rotatable bonds is 5. The van der Waals surface area contributed by atoms with E-state index in [-0.39, 0.29) is 24.6 Å². The van der Waals surface area contributed by atoms with Crippen LogP contribution in [0.1, 0.15) is 41.9 Å². The smallest absolute Gasteiger partial charge is 0.338 e. The van der Waals surface area contributed by atoms with E-state index in [4.69, 9.17) is 4.74 Å². The molecule has 1 amide bonds. The van der Waals surface area contributed by atoms with Gasteiger partial charge < -0.3 is 10.1 Å². The summed E-state index contributed by atoms with van der Waals surface area (Å²) < 4.78 is 6.15. The zero-order chi connectivity index (χ0) is 19.4. The summed E-state index contributed by atoms with van der Waals surface area (Å²) in [4.78, 5) is 36.4. The van der Waals surface area contributed by atoms with E-state index in [1.807, 2.05) is 0 Å². The molecule has 7 nitrogen and oxygen atoms in total. The fourth-order valence-corrected chi connectivity index (χ4v) is 3.20. The van der Waals surface area contributed by atoms with Crippen molar-refractivity contribution in [2.24, 2.45) is 5.92 Å². The zero-order valence-electron chi connectivity index (χ0n) is 15.5. The fraction of sp³-hybridized carbons (Fsp3) is 0.400. The predicted octanol–water partition coefficient (Wildman–Crippen LogP) is 2.18. The Morgan fingerprint density at radius 2 is 2.15 bits per heavy atom. The Kier molecular flexibility index (Phi) is 5.69. The van der Waals surface area contributed by atoms with Gasteiger partial charge in [-0.25, -0.2) is 9.48 Å². The highest BCUT2D eigenvalue weighted by atomic mass is 16.5. The van der Waals surface area contributed by atoms with E-state index in [9.17, 15) is 14.4 Å². The van der Waals surface area contributed by atoms with Gasteiger partial charge in [-0.05, 0) is 55.9 Å². The molecule has 1 aromatic heterocycles. The SMILES string of the molecule is CCOC(=O)c1cccc(NC(=O)Cn2nc3c(cc2=O)C[C@@H](C)CC3)c1. The minimum absolute atomic E-state index is 0.175. The van der Waals surface area contributed by atoms with Crippen molar-refractivity contribution in [2.75, 3.05) is 11.9 Å². The van der Waals surface area contributed by atoms with Crippen molar-refractivity contribution in [3.05, 3.63) is 57.5 Å². The number of carbonyl (C=O) groups is 2. The number of aryl methyl sites for hydroxylation is 1. The summed E-state index contributed by atoms with van der Waals surface area (Å²) in [6.45, 7) is 3.99. The van der Waals surface area contributed by atoms with Crippen LogP contribution < -0.4 is 10.9 Å². The summed E-state index contributed by atoms with van der Waals surface area (Å²) in [5.74, 6) is -0.283. The van der Waals surface area contributed by atoms with Crippen LogP contribution in [0.15, 0.2) is 35.1 Å². The summed E-state index contributed by atoms with van der Waals surface area (Å²) in [5, 5.41) is 7.06. The number of nitrogens with zero attached hydrogens (tertiary/aromatic N) is 2. The number of hydrogen-bond donors (Lipinski definition) is 1. The molecule has 0 radical (unpaired) electrons. The van der Waals surface area contributed by atoms with Gasteiger partial charge in [0, 0.05) is 11.8 Å². The quantitative estimate of drug-likeness (QED) is 0.816. The van der Waals surface area contributed by atoms with Gasteiger partial charge >= 0.3 is 5.97 Å². The van der Waals surface area contributed by atoms with Crippen molar-refractivity contribution in [3.8, 4) is 0 Å². The molecule has 0 unspecified atom stereocenters. The van der Waals surface area contributed by atoms with Crippen LogP contribution in [0.25, 0.3) is 0 Å². The lowest BCUT2D eigenvalue weighted by Crippen LogP contribution is -2.32. The van der Waals surface area contributed by atoms with Crippen LogP contribution in [-0.4, -0.2) is 28.3 Å². The monoisotopic (exact) mass is 369 g/mol. The molecule has 0 saturated heterocycles. The molecule has 142 valence electrons. The molecular weight excluding hydrogens is 346 g/mol. The second kappa shape index (κ2) is 8.16. The van der Waals surface area contributed by atoms with Gasteiger partial charge in [0.1, 0.15) is 6.54 Å². The molecule has 27 heavy (non-hydrogen) atoms. The largest absolute Gasteiger partial charge is 0.462 e. The average Bonchev–Trinajstić information content (AvgIpc) is 2.63. The van der Waals surface area contributed by atoms with Crippen LogP contribution in [0, 0.1) is 5.92 Å². The summed E-state index contributed by atoms with van der Waals surface area (Å²) in [5.41, 5.74) is 2.42. The second-order valence-corrected chi connectivity index (χ2v) is 6.81. The van der Waals surface area contributed by atoms with Crippen molar-refractivity contribution in [1.82, 2.24) is 9.78 Å². The molecule has 3 rings (SSSR count). The highest BCUT2D eigenvalue weighted by Gasteiger charge is 2.19. The summed E-state index contributed by atoms with van der Waals surface area (Å²) in [7, 11) is 0. The lowest BCUT2D eigenvalue weighted by molar-refractivity contribution is -0.117. The first-order valence-corrected chi connectivity index (χ1v) is 9.13. The maximum Gasteiger partial charge on any atom is 0.338 e. The van der Waals surface area contributed by atoms with Crippen molar-refractivity contribution in [1.29, 1.82) is 0 Å². The topological polar surface area (TPSA) is 90.3 Å². The van der Waals surface area contributed by atoms with Gasteiger partial charge in [-0.2, -0.15) is 5.10 Å². The number of amides is 1. The molecule has 0 fully saturated rings. The van der Waals surface area contributed by atoms with Gasteiger partial charge in [0.05, 0.1) is 17.9 Å². The average molecular weight is 369 g/mol. The first-order chi connectivity index (χ1) is 13.0. The van der Waals surface area contributed by atoms with Crippen LogP contribution in [0.3, 0.4) is 0 Å². The third-order valence-electron chi connectivity index (χ3n) is 4.56. The summed E-state index contributed by atoms with van der Waals surface area (Å²) in [6, 6.07) is 8.08. The maximum absolute atomic E-state index is 12.3. The lowest BCUT2D eigenvalue weighted by atomic mass is 9.88. The van der Waals surface area contributed by atoms with Crippen molar-refractivity contribution >= 4 is 17.6 Å². The number of anilines is 1. The predicted molar refractivity (Wildman–Crippen MR) is 101 cm³/mol. The molecule has 0 spiro atoms. The number of ether oxygens (including phenoxy) is 1. The van der Waals surface area contributed by atoms with E-state index in [2.05, 4.69) is 17.3 Å². The third-order valence-corrected chi connectivity index (χ3v) is 4.56. The van der Waals surface area contributed by atoms with Gasteiger partial charge in [-0.3, -0.25) is 9.59 Å². The molecule has 0 saturated carbocycles. The molecule has 1 aliphatic rings. The Labute approximate surface area is 157 Å². The Balaban J connectivity index is 1.71. The molecule has 1 atom stereocenters. The Morgan fingerprint density at radius 1 is 1.33 bits per heavy atom. The molecule has 1 heterocycles. The normalized spacial score (nSPS) is 15.7. The molecule has 1 aromatic carbocycles. The number of aromatic nitrogens is 2. The van der Waals surface area contributed by atoms with E-state index in [0.29, 0.717) is 17.2 Å². The summed E-state index contributed by atoms with van der Waals surface area (Å²) in [6.07, 6.45) is 2.70. The molecule has 2 aromatic rings. The van der Waals surface area contributed by atoms with Crippen LogP contribution in [-0.2, 0) is 28.9 Å². The van der Waals surface area contributed by atoms with Crippen LogP contribution >= 0.6 is 0 Å². The molecular formula is C20H23N3O4. The van der Waals surface area contributed by atoms with Gasteiger partial charge in [0.15, 0.2) is 0 Å². The first-order valence-electron chi connectivity index (χ1n) is 9.13. The van der Waals surface area contributed by atoms with Gasteiger partial charge in [0.25, 0.3) is 5.56 Å². The van der Waals surface area contributed by atoms with Crippen molar-refractivity contribution in [3.63, 3.8) is 0 Å². The molecule has 1 N–H and O–H groups in total. The van der Waals surface area contributed by atoms with Gasteiger partial charge in [-0.1, -0.05) is 13.0 Å². The zero-order valence-corrected chi connectivity index (χ0v) is 15.5. The standard InChI is InChI=1S/C20H23N3O4/c1-3-27-20(26)14-5-4-6-16(10-14)21-18(24)12-23-19(25)11-15-9-13(2)7-8-17(15)22-23/h4-6,10-11,13H,3,7-9,12H2,1-2H3,(H,21,24)/t13-/m0/s1. The van der Waals surface area contributed by atoms with Crippen LogP contribution in [0.4, 0.5) is 5.69 Å². The Hall–Kier alpha value is -2.96.